The Hall–Kier alpha value is -4.44. The molecule has 0 bridgehead atoms. The molecule has 5 aromatic rings. The second-order valence-corrected chi connectivity index (χ2v) is 12.1. The first-order valence-corrected chi connectivity index (χ1v) is 16.9. The van der Waals surface area contributed by atoms with Crippen molar-refractivity contribution in [3.63, 3.8) is 0 Å². The van der Waals surface area contributed by atoms with Crippen molar-refractivity contribution >= 4 is 27.6 Å². The molecule has 9 nitrogen and oxygen atoms in total. The van der Waals surface area contributed by atoms with Gasteiger partial charge in [0.15, 0.2) is 0 Å². The smallest absolute Gasteiger partial charge is 0.355 e. The van der Waals surface area contributed by atoms with E-state index in [0.29, 0.717) is 38.5 Å². The zero-order chi connectivity index (χ0) is 33.5. The van der Waals surface area contributed by atoms with Crippen molar-refractivity contribution in [2.24, 2.45) is 7.05 Å². The molecule has 0 saturated carbocycles. The fourth-order valence-electron chi connectivity index (χ4n) is 6.83. The molecule has 1 fully saturated rings. The average molecular weight is 651 g/mol. The van der Waals surface area contributed by atoms with Crippen molar-refractivity contribution in [2.45, 2.75) is 39.8 Å². The molecule has 9 heteroatoms. The minimum Gasteiger partial charge on any atom is -0.493 e. The number of hydrogen-bond acceptors (Lipinski definition) is 7. The third-order valence-corrected chi connectivity index (χ3v) is 9.12. The van der Waals surface area contributed by atoms with Crippen LogP contribution in [0.3, 0.4) is 0 Å². The highest BCUT2D eigenvalue weighted by Crippen LogP contribution is 2.38. The zero-order valence-corrected chi connectivity index (χ0v) is 28.4. The van der Waals surface area contributed by atoms with E-state index in [1.54, 1.807) is 6.08 Å². The van der Waals surface area contributed by atoms with Gasteiger partial charge in [-0.2, -0.15) is 5.10 Å². The Kier molecular flexibility index (Phi) is 10.9. The predicted octanol–water partition coefficient (Wildman–Crippen LogP) is 6.73. The number of fused-ring (bicyclic) bond motifs is 2. The highest BCUT2D eigenvalue weighted by molar-refractivity contribution is 6.04. The maximum atomic E-state index is 13.5. The molecule has 252 valence electrons. The summed E-state index contributed by atoms with van der Waals surface area (Å²) in [7, 11) is 1.96. The van der Waals surface area contributed by atoms with Crippen molar-refractivity contribution in [1.29, 1.82) is 0 Å². The summed E-state index contributed by atoms with van der Waals surface area (Å²) < 4.78 is 27.5. The van der Waals surface area contributed by atoms with Crippen LogP contribution in [0.5, 0.6) is 5.75 Å². The van der Waals surface area contributed by atoms with Crippen LogP contribution in [0.15, 0.2) is 73.3 Å². The number of aryl methyl sites for hydroxylation is 2. The van der Waals surface area contributed by atoms with Gasteiger partial charge in [-0.25, -0.2) is 4.79 Å². The normalized spacial score (nSPS) is 13.7. The molecular formula is C39H46N4O5. The highest BCUT2D eigenvalue weighted by Gasteiger charge is 2.27. The minimum absolute atomic E-state index is 0.302. The average Bonchev–Trinajstić information content (AvgIpc) is 3.58. The Morgan fingerprint density at radius 3 is 2.60 bits per heavy atom. The second-order valence-electron chi connectivity index (χ2n) is 12.1. The van der Waals surface area contributed by atoms with Crippen molar-refractivity contribution < 1.29 is 23.7 Å². The first-order chi connectivity index (χ1) is 23.5. The maximum absolute atomic E-state index is 13.5. The fourth-order valence-corrected chi connectivity index (χ4v) is 6.83. The Labute approximate surface area is 282 Å². The molecule has 3 heterocycles. The van der Waals surface area contributed by atoms with E-state index in [0.717, 1.165) is 101 Å². The summed E-state index contributed by atoms with van der Waals surface area (Å²) in [6.07, 6.45) is 3.15. The standard InChI is InChI=1S/C39H46N4O5/c1-5-23-46-27-34-36(28(3)43(40-34)20-19-42-21-25-45-26-22-42)33-16-10-15-31-32(38(39(44)47-6-2)41(4)37(31)33)17-11-24-48-35-18-9-13-29-12-7-8-14-30(29)35/h5,7-10,12-16,18H,1,6,11,17,19-27H2,2-4H3. The lowest BCUT2D eigenvalue weighted by Gasteiger charge is -2.26. The number of hydrogen-bond donors (Lipinski definition) is 0. The van der Waals surface area contributed by atoms with Gasteiger partial charge in [0, 0.05) is 54.3 Å². The van der Waals surface area contributed by atoms with E-state index in [4.69, 9.17) is 24.0 Å². The van der Waals surface area contributed by atoms with Crippen molar-refractivity contribution in [2.75, 3.05) is 52.7 Å². The predicted molar refractivity (Wildman–Crippen MR) is 190 cm³/mol. The molecule has 0 radical (unpaired) electrons. The van der Waals surface area contributed by atoms with Crippen LogP contribution >= 0.6 is 0 Å². The molecule has 3 aromatic carbocycles. The molecule has 0 amide bonds. The van der Waals surface area contributed by atoms with E-state index < -0.39 is 0 Å². The van der Waals surface area contributed by atoms with E-state index in [1.807, 2.05) is 42.8 Å². The van der Waals surface area contributed by atoms with E-state index >= 15 is 0 Å². The molecule has 0 unspecified atom stereocenters. The summed E-state index contributed by atoms with van der Waals surface area (Å²) in [5.41, 5.74) is 6.51. The van der Waals surface area contributed by atoms with Gasteiger partial charge >= 0.3 is 5.97 Å². The summed E-state index contributed by atoms with van der Waals surface area (Å²) in [5.74, 6) is 0.547. The number of carbonyl (C=O) groups is 1. The lowest BCUT2D eigenvalue weighted by Crippen LogP contribution is -2.38. The van der Waals surface area contributed by atoms with Gasteiger partial charge in [0.2, 0.25) is 0 Å². The minimum atomic E-state index is -0.320. The van der Waals surface area contributed by atoms with Gasteiger partial charge in [0.1, 0.15) is 11.4 Å². The number of aromatic nitrogens is 3. The first-order valence-electron chi connectivity index (χ1n) is 16.9. The Morgan fingerprint density at radius 2 is 1.79 bits per heavy atom. The van der Waals surface area contributed by atoms with Gasteiger partial charge in [-0.1, -0.05) is 60.7 Å². The third-order valence-electron chi connectivity index (χ3n) is 9.12. The molecule has 0 N–H and O–H groups in total. The molecule has 6 rings (SSSR count). The molecule has 0 spiro atoms. The van der Waals surface area contributed by atoms with Gasteiger partial charge in [0.25, 0.3) is 0 Å². The number of rotatable bonds is 15. The molecule has 2 aromatic heterocycles. The molecule has 1 saturated heterocycles. The number of carbonyl (C=O) groups excluding carboxylic acids is 1. The number of benzene rings is 3. The summed E-state index contributed by atoms with van der Waals surface area (Å²) in [6, 6.07) is 20.7. The largest absolute Gasteiger partial charge is 0.493 e. The van der Waals surface area contributed by atoms with Crippen LogP contribution in [0.25, 0.3) is 32.8 Å². The summed E-state index contributed by atoms with van der Waals surface area (Å²) in [5, 5.41) is 8.34. The van der Waals surface area contributed by atoms with Gasteiger partial charge in [-0.05, 0) is 43.7 Å². The fraction of sp³-hybridized carbons (Fsp3) is 0.385. The van der Waals surface area contributed by atoms with Crippen molar-refractivity contribution in [1.82, 2.24) is 19.2 Å². The topological polar surface area (TPSA) is 80.0 Å². The molecular weight excluding hydrogens is 604 g/mol. The third kappa shape index (κ3) is 7.04. The summed E-state index contributed by atoms with van der Waals surface area (Å²) in [4.78, 5) is 15.9. The maximum Gasteiger partial charge on any atom is 0.355 e. The van der Waals surface area contributed by atoms with Gasteiger partial charge in [-0.3, -0.25) is 9.58 Å². The van der Waals surface area contributed by atoms with E-state index in [9.17, 15) is 4.79 Å². The molecule has 1 aliphatic heterocycles. The molecule has 0 atom stereocenters. The highest BCUT2D eigenvalue weighted by atomic mass is 16.5. The van der Waals surface area contributed by atoms with Gasteiger partial charge in [-0.15, -0.1) is 6.58 Å². The van der Waals surface area contributed by atoms with E-state index in [2.05, 4.69) is 59.5 Å². The number of morpholine rings is 1. The van der Waals surface area contributed by atoms with Gasteiger partial charge < -0.3 is 23.5 Å². The molecule has 48 heavy (non-hydrogen) atoms. The van der Waals surface area contributed by atoms with E-state index in [-0.39, 0.29) is 5.97 Å². The number of nitrogens with zero attached hydrogens (tertiary/aromatic N) is 4. The van der Waals surface area contributed by atoms with E-state index in [1.165, 1.54) is 0 Å². The monoisotopic (exact) mass is 650 g/mol. The van der Waals surface area contributed by atoms with Crippen molar-refractivity contribution in [3.05, 3.63) is 96.0 Å². The Balaban J connectivity index is 1.34. The van der Waals surface area contributed by atoms with Gasteiger partial charge in [0.05, 0.1) is 57.4 Å². The number of para-hydroxylation sites is 1. The summed E-state index contributed by atoms with van der Waals surface area (Å²) in [6.45, 7) is 14.4. The molecule has 0 aliphatic carbocycles. The lowest BCUT2D eigenvalue weighted by molar-refractivity contribution is 0.0358. The number of esters is 1. The van der Waals surface area contributed by atoms with Crippen LogP contribution in [0.1, 0.15) is 40.8 Å². The van der Waals surface area contributed by atoms with Crippen LogP contribution in [-0.4, -0.2) is 77.9 Å². The summed E-state index contributed by atoms with van der Waals surface area (Å²) >= 11 is 0. The van der Waals surface area contributed by atoms with Crippen LogP contribution in [-0.2, 0) is 40.8 Å². The van der Waals surface area contributed by atoms with Crippen LogP contribution in [0, 0.1) is 6.92 Å². The first kappa shape index (κ1) is 33.5. The quantitative estimate of drug-likeness (QED) is 0.0707. The SMILES string of the molecule is C=CCOCc1nn(CCN2CCOCC2)c(C)c1-c1cccc2c(CCCOc3cccc4ccccc34)c(C(=O)OCC)n(C)c12. The Morgan fingerprint density at radius 1 is 1.02 bits per heavy atom. The number of ether oxygens (including phenoxy) is 4. The zero-order valence-electron chi connectivity index (χ0n) is 28.4. The second kappa shape index (κ2) is 15.6. The molecule has 1 aliphatic rings. The van der Waals surface area contributed by atoms with Crippen LogP contribution < -0.4 is 4.74 Å². The van der Waals surface area contributed by atoms with Crippen molar-refractivity contribution in [3.8, 4) is 16.9 Å². The Bertz CT molecular complexity index is 1880. The lowest BCUT2D eigenvalue weighted by atomic mass is 9.98. The van der Waals surface area contributed by atoms with Crippen LogP contribution in [0.2, 0.25) is 0 Å². The van der Waals surface area contributed by atoms with Crippen LogP contribution in [0.4, 0.5) is 0 Å².